The number of amides is 1. The second kappa shape index (κ2) is 7.67. The zero-order chi connectivity index (χ0) is 18.8. The van der Waals surface area contributed by atoms with Crippen molar-refractivity contribution in [2.45, 2.75) is 6.92 Å². The van der Waals surface area contributed by atoms with Crippen molar-refractivity contribution in [3.8, 4) is 10.4 Å². The number of nitrogens with one attached hydrogen (secondary N) is 1. The summed E-state index contributed by atoms with van der Waals surface area (Å²) in [6, 6.07) is 7.91. The normalized spacial score (nSPS) is 15.9. The summed E-state index contributed by atoms with van der Waals surface area (Å²) >= 11 is 1.66. The van der Waals surface area contributed by atoms with Gasteiger partial charge in [0.1, 0.15) is 0 Å². The standard InChI is InChI=1S/C19H22N6OS/c1-13-20-11-17(27-13)14-3-4-16-15(9-14)10-18(23-22-16)21-19(26)12-25-7-5-24(2)6-8-25/h3-4,9-11H,5-8,12H2,1-2H3,(H,21,23,26). The van der Waals surface area contributed by atoms with Crippen LogP contribution in [0.15, 0.2) is 30.5 Å². The van der Waals surface area contributed by atoms with E-state index in [1.54, 1.807) is 11.3 Å². The van der Waals surface area contributed by atoms with Crippen LogP contribution in [0.1, 0.15) is 5.01 Å². The van der Waals surface area contributed by atoms with Crippen LogP contribution in [0.4, 0.5) is 5.82 Å². The summed E-state index contributed by atoms with van der Waals surface area (Å²) in [5, 5.41) is 13.2. The van der Waals surface area contributed by atoms with Crippen molar-refractivity contribution in [3.05, 3.63) is 35.5 Å². The van der Waals surface area contributed by atoms with E-state index in [1.165, 1.54) is 0 Å². The number of aromatic nitrogens is 3. The molecule has 8 heteroatoms. The van der Waals surface area contributed by atoms with E-state index in [2.05, 4.69) is 43.4 Å². The molecule has 0 aliphatic carbocycles. The second-order valence-corrected chi connectivity index (χ2v) is 8.11. The molecule has 0 spiro atoms. The lowest BCUT2D eigenvalue weighted by atomic mass is 10.1. The van der Waals surface area contributed by atoms with Gasteiger partial charge in [-0.15, -0.1) is 21.5 Å². The summed E-state index contributed by atoms with van der Waals surface area (Å²) in [4.78, 5) is 22.2. The summed E-state index contributed by atoms with van der Waals surface area (Å²) in [6.07, 6.45) is 1.88. The molecular formula is C19H22N6OS. The first-order valence-electron chi connectivity index (χ1n) is 8.98. The van der Waals surface area contributed by atoms with Gasteiger partial charge in [0.15, 0.2) is 5.82 Å². The molecule has 1 aromatic carbocycles. The number of likely N-dealkylation sites (N-methyl/N-ethyl adjacent to an activating group) is 1. The zero-order valence-electron chi connectivity index (χ0n) is 15.5. The maximum atomic E-state index is 12.3. The molecule has 140 valence electrons. The maximum Gasteiger partial charge on any atom is 0.239 e. The van der Waals surface area contributed by atoms with Crippen LogP contribution >= 0.6 is 11.3 Å². The molecule has 2 aromatic heterocycles. The van der Waals surface area contributed by atoms with Gasteiger partial charge in [-0.3, -0.25) is 9.69 Å². The van der Waals surface area contributed by atoms with Crippen LogP contribution in [0.2, 0.25) is 0 Å². The third-order valence-corrected chi connectivity index (χ3v) is 5.68. The first-order chi connectivity index (χ1) is 13.1. The molecule has 1 saturated heterocycles. The third-order valence-electron chi connectivity index (χ3n) is 4.72. The molecule has 0 saturated carbocycles. The summed E-state index contributed by atoms with van der Waals surface area (Å²) in [5.41, 5.74) is 1.90. The predicted molar refractivity (Wildman–Crippen MR) is 108 cm³/mol. The number of fused-ring (bicyclic) bond motifs is 1. The molecule has 0 bridgehead atoms. The first-order valence-corrected chi connectivity index (χ1v) is 9.79. The van der Waals surface area contributed by atoms with Gasteiger partial charge in [-0.1, -0.05) is 6.07 Å². The van der Waals surface area contributed by atoms with Crippen molar-refractivity contribution >= 4 is 34.0 Å². The van der Waals surface area contributed by atoms with Crippen LogP contribution in [-0.4, -0.2) is 70.7 Å². The number of rotatable bonds is 4. The summed E-state index contributed by atoms with van der Waals surface area (Å²) in [7, 11) is 2.10. The minimum absolute atomic E-state index is 0.0533. The maximum absolute atomic E-state index is 12.3. The molecule has 1 aliphatic rings. The number of aryl methyl sites for hydroxylation is 1. The Morgan fingerprint density at radius 2 is 2.00 bits per heavy atom. The molecule has 3 heterocycles. The van der Waals surface area contributed by atoms with Gasteiger partial charge < -0.3 is 10.2 Å². The lowest BCUT2D eigenvalue weighted by Gasteiger charge is -2.31. The lowest BCUT2D eigenvalue weighted by molar-refractivity contribution is -0.117. The van der Waals surface area contributed by atoms with Gasteiger partial charge in [-0.25, -0.2) is 4.98 Å². The summed E-state index contributed by atoms with van der Waals surface area (Å²) in [5.74, 6) is 0.432. The molecular weight excluding hydrogens is 360 g/mol. The van der Waals surface area contributed by atoms with Crippen molar-refractivity contribution < 1.29 is 4.79 Å². The highest BCUT2D eigenvalue weighted by Crippen LogP contribution is 2.28. The van der Waals surface area contributed by atoms with Gasteiger partial charge in [0.25, 0.3) is 0 Å². The summed E-state index contributed by atoms with van der Waals surface area (Å²) < 4.78 is 0. The molecule has 0 atom stereocenters. The van der Waals surface area contributed by atoms with Crippen LogP contribution in [0, 0.1) is 6.92 Å². The number of carbonyl (C=O) groups is 1. The van der Waals surface area contributed by atoms with Crippen molar-refractivity contribution in [3.63, 3.8) is 0 Å². The molecule has 27 heavy (non-hydrogen) atoms. The number of hydrogen-bond acceptors (Lipinski definition) is 7. The van der Waals surface area contributed by atoms with E-state index in [0.29, 0.717) is 12.4 Å². The van der Waals surface area contributed by atoms with Gasteiger partial charge in [-0.05, 0) is 37.7 Å². The number of piperazine rings is 1. The average molecular weight is 382 g/mol. The number of nitrogens with zero attached hydrogens (tertiary/aromatic N) is 5. The third kappa shape index (κ3) is 4.29. The first kappa shape index (κ1) is 18.0. The fraction of sp³-hybridized carbons (Fsp3) is 0.368. The quantitative estimate of drug-likeness (QED) is 0.746. The minimum atomic E-state index is -0.0533. The Balaban J connectivity index is 1.48. The topological polar surface area (TPSA) is 74.2 Å². The Labute approximate surface area is 162 Å². The Kier molecular flexibility index (Phi) is 5.11. The minimum Gasteiger partial charge on any atom is -0.308 e. The van der Waals surface area contributed by atoms with Gasteiger partial charge >= 0.3 is 0 Å². The zero-order valence-corrected chi connectivity index (χ0v) is 16.3. The SMILES string of the molecule is Cc1ncc(-c2ccc3nnc(NC(=O)CN4CCN(C)CC4)cc3c2)s1. The monoisotopic (exact) mass is 382 g/mol. The van der Waals surface area contributed by atoms with Crippen molar-refractivity contribution in [2.24, 2.45) is 0 Å². The molecule has 1 amide bonds. The van der Waals surface area contributed by atoms with E-state index in [1.807, 2.05) is 31.3 Å². The molecule has 0 unspecified atom stereocenters. The Hall–Kier alpha value is -2.42. The molecule has 7 nitrogen and oxygen atoms in total. The van der Waals surface area contributed by atoms with E-state index < -0.39 is 0 Å². The lowest BCUT2D eigenvalue weighted by Crippen LogP contribution is -2.47. The van der Waals surface area contributed by atoms with Crippen LogP contribution in [-0.2, 0) is 4.79 Å². The van der Waals surface area contributed by atoms with Crippen molar-refractivity contribution in [1.82, 2.24) is 25.0 Å². The fourth-order valence-corrected chi connectivity index (χ4v) is 3.92. The molecule has 0 radical (unpaired) electrons. The number of anilines is 1. The van der Waals surface area contributed by atoms with E-state index >= 15 is 0 Å². The van der Waals surface area contributed by atoms with Crippen LogP contribution in [0.25, 0.3) is 21.3 Å². The van der Waals surface area contributed by atoms with Gasteiger partial charge in [0, 0.05) is 37.8 Å². The number of benzene rings is 1. The Bertz CT molecular complexity index is 964. The molecule has 4 rings (SSSR count). The van der Waals surface area contributed by atoms with Crippen LogP contribution in [0.3, 0.4) is 0 Å². The smallest absolute Gasteiger partial charge is 0.239 e. The van der Waals surface area contributed by atoms with Gasteiger partial charge in [0.2, 0.25) is 5.91 Å². The van der Waals surface area contributed by atoms with Crippen LogP contribution in [0.5, 0.6) is 0 Å². The molecule has 1 aliphatic heterocycles. The van der Waals surface area contributed by atoms with E-state index in [4.69, 9.17) is 0 Å². The highest BCUT2D eigenvalue weighted by molar-refractivity contribution is 7.15. The van der Waals surface area contributed by atoms with E-state index in [0.717, 1.165) is 52.5 Å². The Morgan fingerprint density at radius 3 is 2.74 bits per heavy atom. The predicted octanol–water partition coefficient (Wildman–Crippen LogP) is 2.25. The Morgan fingerprint density at radius 1 is 1.19 bits per heavy atom. The number of thiazole rings is 1. The van der Waals surface area contributed by atoms with Crippen molar-refractivity contribution in [2.75, 3.05) is 45.1 Å². The highest BCUT2D eigenvalue weighted by atomic mass is 32.1. The molecule has 1 N–H and O–H groups in total. The number of hydrogen-bond donors (Lipinski definition) is 1. The summed E-state index contributed by atoms with van der Waals surface area (Å²) in [6.45, 7) is 6.17. The largest absolute Gasteiger partial charge is 0.308 e. The van der Waals surface area contributed by atoms with Gasteiger partial charge in [0.05, 0.1) is 21.9 Å². The van der Waals surface area contributed by atoms with Crippen molar-refractivity contribution in [1.29, 1.82) is 0 Å². The van der Waals surface area contributed by atoms with E-state index in [-0.39, 0.29) is 5.91 Å². The average Bonchev–Trinajstić information content (AvgIpc) is 3.09. The fourth-order valence-electron chi connectivity index (χ4n) is 3.15. The van der Waals surface area contributed by atoms with Crippen LogP contribution < -0.4 is 5.32 Å². The molecule has 3 aromatic rings. The van der Waals surface area contributed by atoms with E-state index in [9.17, 15) is 4.79 Å². The molecule has 1 fully saturated rings. The highest BCUT2D eigenvalue weighted by Gasteiger charge is 2.17. The second-order valence-electron chi connectivity index (χ2n) is 6.87. The van der Waals surface area contributed by atoms with Gasteiger partial charge in [-0.2, -0.15) is 0 Å². The number of carbonyl (C=O) groups excluding carboxylic acids is 1.